The lowest BCUT2D eigenvalue weighted by Gasteiger charge is -2.28. The summed E-state index contributed by atoms with van der Waals surface area (Å²) in [5.74, 6) is -0.290. The Morgan fingerprint density at radius 1 is 1.24 bits per heavy atom. The van der Waals surface area contributed by atoms with Crippen molar-refractivity contribution in [3.63, 3.8) is 0 Å². The molecule has 0 bridgehead atoms. The third kappa shape index (κ3) is 6.29. The van der Waals surface area contributed by atoms with Crippen LogP contribution >= 0.6 is 11.6 Å². The largest absolute Gasteiger partial charge is 0.390 e. The lowest BCUT2D eigenvalue weighted by atomic mass is 9.91. The Morgan fingerprint density at radius 2 is 1.97 bits per heavy atom. The number of hydrogen-bond donors (Lipinski definition) is 0. The summed E-state index contributed by atoms with van der Waals surface area (Å²) in [6.45, 7) is 6.81. The molecule has 0 aromatic heterocycles. The van der Waals surface area contributed by atoms with Crippen LogP contribution < -0.4 is 0 Å². The fraction of sp³-hybridized carbons (Fsp3) is 0.391. The molecular weight excluding hydrogens is 391 g/mol. The van der Waals surface area contributed by atoms with Gasteiger partial charge in [-0.1, -0.05) is 61.8 Å². The SMILES string of the molecule is CC(C)(C)CC(=O)N(Cc1cccc(F)c1)C[C@H]1CC(c2ccc(Cl)cc2)=NO1. The fourth-order valence-electron chi connectivity index (χ4n) is 3.26. The van der Waals surface area contributed by atoms with Gasteiger partial charge in [0.25, 0.3) is 0 Å². The number of nitrogens with zero attached hydrogens (tertiary/aromatic N) is 2. The minimum atomic E-state index is -0.309. The Bertz CT molecular complexity index is 890. The number of amides is 1. The predicted octanol–water partition coefficient (Wildman–Crippen LogP) is 5.44. The monoisotopic (exact) mass is 416 g/mol. The summed E-state index contributed by atoms with van der Waals surface area (Å²) in [4.78, 5) is 20.3. The van der Waals surface area contributed by atoms with Crippen LogP contribution in [0, 0.1) is 11.2 Å². The summed E-state index contributed by atoms with van der Waals surface area (Å²) in [5.41, 5.74) is 2.40. The van der Waals surface area contributed by atoms with E-state index in [4.69, 9.17) is 16.4 Å². The van der Waals surface area contributed by atoms with Crippen molar-refractivity contribution in [2.24, 2.45) is 10.6 Å². The third-order valence-corrected chi connectivity index (χ3v) is 4.88. The Labute approximate surface area is 176 Å². The highest BCUT2D eigenvalue weighted by Gasteiger charge is 2.28. The second-order valence-electron chi connectivity index (χ2n) is 8.62. The summed E-state index contributed by atoms with van der Waals surface area (Å²) < 4.78 is 13.6. The molecule has 0 aliphatic carbocycles. The number of rotatable bonds is 6. The van der Waals surface area contributed by atoms with E-state index in [1.807, 2.05) is 51.1 Å². The van der Waals surface area contributed by atoms with E-state index < -0.39 is 0 Å². The van der Waals surface area contributed by atoms with Crippen molar-refractivity contribution in [1.29, 1.82) is 0 Å². The highest BCUT2D eigenvalue weighted by molar-refractivity contribution is 6.30. The van der Waals surface area contributed by atoms with Gasteiger partial charge in [0.05, 0.1) is 12.3 Å². The van der Waals surface area contributed by atoms with E-state index in [0.29, 0.717) is 31.0 Å². The molecule has 0 spiro atoms. The van der Waals surface area contributed by atoms with Crippen LogP contribution in [0.15, 0.2) is 53.7 Å². The van der Waals surface area contributed by atoms with Gasteiger partial charge in [-0.2, -0.15) is 0 Å². The predicted molar refractivity (Wildman–Crippen MR) is 113 cm³/mol. The first-order valence-electron chi connectivity index (χ1n) is 9.70. The number of halogens is 2. The molecule has 1 atom stereocenters. The molecule has 29 heavy (non-hydrogen) atoms. The smallest absolute Gasteiger partial charge is 0.223 e. The van der Waals surface area contributed by atoms with E-state index in [1.165, 1.54) is 12.1 Å². The fourth-order valence-corrected chi connectivity index (χ4v) is 3.39. The molecule has 154 valence electrons. The van der Waals surface area contributed by atoms with Crippen molar-refractivity contribution >= 4 is 23.2 Å². The van der Waals surface area contributed by atoms with Crippen molar-refractivity contribution in [3.8, 4) is 0 Å². The standard InChI is InChI=1S/C23H26ClFN2O2/c1-23(2,3)13-22(28)27(14-16-5-4-6-19(25)11-16)15-20-12-21(26-29-20)17-7-9-18(24)10-8-17/h4-11,20H,12-15H2,1-3H3/t20-/m1/s1. The van der Waals surface area contributed by atoms with E-state index in [-0.39, 0.29) is 23.2 Å². The van der Waals surface area contributed by atoms with Gasteiger partial charge in [-0.05, 0) is 40.8 Å². The molecule has 0 unspecified atom stereocenters. The van der Waals surface area contributed by atoms with Crippen LogP contribution in [0.3, 0.4) is 0 Å². The molecule has 0 N–H and O–H groups in total. The molecule has 2 aromatic rings. The molecule has 6 heteroatoms. The van der Waals surface area contributed by atoms with Crippen LogP contribution in [0.2, 0.25) is 5.02 Å². The molecule has 0 saturated heterocycles. The van der Waals surface area contributed by atoms with Crippen molar-refractivity contribution < 1.29 is 14.0 Å². The molecule has 0 saturated carbocycles. The number of carbonyl (C=O) groups excluding carboxylic acids is 1. The molecule has 0 radical (unpaired) electrons. The van der Waals surface area contributed by atoms with Gasteiger partial charge in [-0.15, -0.1) is 0 Å². The molecule has 2 aromatic carbocycles. The first-order valence-corrected chi connectivity index (χ1v) is 10.1. The molecule has 0 fully saturated rings. The average Bonchev–Trinajstić information content (AvgIpc) is 3.09. The first kappa shape index (κ1) is 21.3. The Balaban J connectivity index is 1.69. The zero-order valence-corrected chi connectivity index (χ0v) is 17.7. The van der Waals surface area contributed by atoms with Crippen LogP contribution in [0.4, 0.5) is 4.39 Å². The number of hydrogen-bond acceptors (Lipinski definition) is 3. The number of carbonyl (C=O) groups is 1. The second-order valence-corrected chi connectivity index (χ2v) is 9.05. The van der Waals surface area contributed by atoms with E-state index in [1.54, 1.807) is 11.0 Å². The lowest BCUT2D eigenvalue weighted by Crippen LogP contribution is -2.38. The van der Waals surface area contributed by atoms with Gasteiger partial charge in [0.1, 0.15) is 5.82 Å². The molecule has 1 heterocycles. The van der Waals surface area contributed by atoms with Crippen molar-refractivity contribution in [1.82, 2.24) is 4.90 Å². The van der Waals surface area contributed by atoms with Gasteiger partial charge in [-0.25, -0.2) is 4.39 Å². The van der Waals surface area contributed by atoms with Gasteiger partial charge in [0.2, 0.25) is 5.91 Å². The molecule has 1 amide bonds. The van der Waals surface area contributed by atoms with Crippen LogP contribution in [0.25, 0.3) is 0 Å². The summed E-state index contributed by atoms with van der Waals surface area (Å²) in [6, 6.07) is 13.8. The third-order valence-electron chi connectivity index (χ3n) is 4.63. The minimum absolute atomic E-state index is 0.0188. The van der Waals surface area contributed by atoms with Gasteiger partial charge >= 0.3 is 0 Å². The van der Waals surface area contributed by atoms with Crippen molar-refractivity contribution in [3.05, 3.63) is 70.5 Å². The first-order chi connectivity index (χ1) is 13.7. The van der Waals surface area contributed by atoms with Gasteiger partial charge in [0.15, 0.2) is 6.10 Å². The van der Waals surface area contributed by atoms with Crippen LogP contribution in [-0.4, -0.2) is 29.2 Å². The summed E-state index contributed by atoms with van der Waals surface area (Å²) in [6.07, 6.45) is 0.766. The lowest BCUT2D eigenvalue weighted by molar-refractivity contribution is -0.135. The molecular formula is C23H26ClFN2O2. The van der Waals surface area contributed by atoms with E-state index >= 15 is 0 Å². The van der Waals surface area contributed by atoms with Crippen LogP contribution in [0.5, 0.6) is 0 Å². The minimum Gasteiger partial charge on any atom is -0.390 e. The molecule has 1 aliphatic rings. The Kier molecular flexibility index (Phi) is 6.58. The highest BCUT2D eigenvalue weighted by Crippen LogP contribution is 2.24. The van der Waals surface area contributed by atoms with Gasteiger partial charge in [0, 0.05) is 24.4 Å². The van der Waals surface area contributed by atoms with E-state index in [0.717, 1.165) is 16.8 Å². The second kappa shape index (κ2) is 8.95. The van der Waals surface area contributed by atoms with Crippen LogP contribution in [-0.2, 0) is 16.2 Å². The average molecular weight is 417 g/mol. The normalized spacial score (nSPS) is 16.3. The highest BCUT2D eigenvalue weighted by atomic mass is 35.5. The summed E-state index contributed by atoms with van der Waals surface area (Å²) >= 11 is 5.95. The molecule has 1 aliphatic heterocycles. The quantitative estimate of drug-likeness (QED) is 0.629. The van der Waals surface area contributed by atoms with Crippen molar-refractivity contribution in [2.75, 3.05) is 6.54 Å². The van der Waals surface area contributed by atoms with Gasteiger partial charge < -0.3 is 9.74 Å². The zero-order chi connectivity index (χ0) is 21.0. The maximum absolute atomic E-state index is 13.6. The summed E-state index contributed by atoms with van der Waals surface area (Å²) in [5, 5.41) is 4.87. The van der Waals surface area contributed by atoms with Crippen LogP contribution in [0.1, 0.15) is 44.7 Å². The maximum atomic E-state index is 13.6. The zero-order valence-electron chi connectivity index (χ0n) is 17.0. The molecule has 3 rings (SSSR count). The number of oxime groups is 1. The van der Waals surface area contributed by atoms with E-state index in [2.05, 4.69) is 5.16 Å². The van der Waals surface area contributed by atoms with Gasteiger partial charge in [-0.3, -0.25) is 4.79 Å². The summed E-state index contributed by atoms with van der Waals surface area (Å²) in [7, 11) is 0. The Morgan fingerprint density at radius 3 is 2.62 bits per heavy atom. The molecule has 4 nitrogen and oxygen atoms in total. The van der Waals surface area contributed by atoms with E-state index in [9.17, 15) is 9.18 Å². The Hall–Kier alpha value is -2.40. The number of benzene rings is 2. The topological polar surface area (TPSA) is 41.9 Å². The maximum Gasteiger partial charge on any atom is 0.223 e. The van der Waals surface area contributed by atoms with Crippen molar-refractivity contribution in [2.45, 2.75) is 46.3 Å².